The molecule has 1 aromatic rings. The predicted octanol–water partition coefficient (Wildman–Crippen LogP) is 0.543. The van der Waals surface area contributed by atoms with E-state index in [1.54, 1.807) is 12.1 Å². The molecule has 0 saturated heterocycles. The third-order valence-electron chi connectivity index (χ3n) is 2.84. The van der Waals surface area contributed by atoms with Crippen LogP contribution in [0.15, 0.2) is 30.3 Å². The van der Waals surface area contributed by atoms with Gasteiger partial charge in [0.1, 0.15) is 0 Å². The summed E-state index contributed by atoms with van der Waals surface area (Å²) in [7, 11) is -1.88. The molecule has 0 aromatic heterocycles. The molecular weight excluding hydrogens is 278 g/mol. The Balaban J connectivity index is 2.47. The summed E-state index contributed by atoms with van der Waals surface area (Å²) in [5.41, 5.74) is 0.723. The normalized spacial score (nSPS) is 12.9. The molecule has 0 unspecified atom stereocenters. The second-order valence-corrected chi connectivity index (χ2v) is 6.34. The van der Waals surface area contributed by atoms with Crippen molar-refractivity contribution in [2.45, 2.75) is 19.4 Å². The molecule has 0 aliphatic rings. The molecule has 6 nitrogen and oxygen atoms in total. The quantitative estimate of drug-likeness (QED) is 0.654. The van der Waals surface area contributed by atoms with Crippen molar-refractivity contribution in [3.05, 3.63) is 30.3 Å². The van der Waals surface area contributed by atoms with Crippen LogP contribution in [0.4, 0.5) is 5.69 Å². The molecule has 0 radical (unpaired) electrons. The molecule has 0 fully saturated rings. The number of hydrogen-bond acceptors (Lipinski definition) is 4. The van der Waals surface area contributed by atoms with Crippen molar-refractivity contribution in [1.29, 1.82) is 0 Å². The van der Waals surface area contributed by atoms with Gasteiger partial charge >= 0.3 is 0 Å². The van der Waals surface area contributed by atoms with Crippen LogP contribution in [0.2, 0.25) is 0 Å². The molecule has 1 amide bonds. The molecule has 0 aliphatic carbocycles. The molecule has 7 heteroatoms. The predicted molar refractivity (Wildman–Crippen MR) is 80.0 cm³/mol. The topological polar surface area (TPSA) is 87.3 Å². The summed E-state index contributed by atoms with van der Waals surface area (Å²) in [5, 5.41) is 5.74. The zero-order chi connectivity index (χ0) is 15.0. The largest absolute Gasteiger partial charge is 0.325 e. The first-order chi connectivity index (χ1) is 9.48. The van der Waals surface area contributed by atoms with Crippen LogP contribution in [0.5, 0.6) is 0 Å². The number of amides is 1. The number of nitrogens with one attached hydrogen (secondary N) is 3. The lowest BCUT2D eigenvalue weighted by molar-refractivity contribution is -0.118. The molecule has 0 heterocycles. The van der Waals surface area contributed by atoms with E-state index in [-0.39, 0.29) is 18.2 Å². The van der Waals surface area contributed by atoms with Crippen molar-refractivity contribution in [3.8, 4) is 0 Å². The first kappa shape index (κ1) is 16.6. The Kier molecular flexibility index (Phi) is 6.63. The Hall–Kier alpha value is -1.44. The number of carbonyl (C=O) groups is 1. The zero-order valence-corrected chi connectivity index (χ0v) is 12.5. The van der Waals surface area contributed by atoms with Crippen LogP contribution in [0, 0.1) is 0 Å². The van der Waals surface area contributed by atoms with Gasteiger partial charge in [-0.3, -0.25) is 4.79 Å². The summed E-state index contributed by atoms with van der Waals surface area (Å²) in [5.74, 6) is -0.223. The van der Waals surface area contributed by atoms with Crippen molar-refractivity contribution in [2.24, 2.45) is 0 Å². The highest BCUT2D eigenvalue weighted by atomic mass is 32.2. The van der Waals surface area contributed by atoms with Crippen molar-refractivity contribution in [3.63, 3.8) is 0 Å². The van der Waals surface area contributed by atoms with Crippen molar-refractivity contribution < 1.29 is 13.2 Å². The van der Waals surface area contributed by atoms with E-state index in [1.807, 2.05) is 25.1 Å². The number of rotatable bonds is 8. The number of benzene rings is 1. The Morgan fingerprint density at radius 3 is 2.45 bits per heavy atom. The van der Waals surface area contributed by atoms with E-state index in [1.165, 1.54) is 7.05 Å². The van der Waals surface area contributed by atoms with Gasteiger partial charge in [-0.15, -0.1) is 0 Å². The summed E-state index contributed by atoms with van der Waals surface area (Å²) < 4.78 is 24.8. The Morgan fingerprint density at radius 2 is 1.90 bits per heavy atom. The number of sulfonamides is 1. The molecular formula is C13H21N3O3S. The fourth-order valence-corrected chi connectivity index (χ4v) is 2.23. The maximum atomic E-state index is 12.0. The molecule has 112 valence electrons. The van der Waals surface area contributed by atoms with Gasteiger partial charge < -0.3 is 10.6 Å². The van der Waals surface area contributed by atoms with E-state index in [2.05, 4.69) is 15.4 Å². The molecule has 1 rings (SSSR count). The van der Waals surface area contributed by atoms with Crippen molar-refractivity contribution in [1.82, 2.24) is 10.0 Å². The molecule has 1 aromatic carbocycles. The summed E-state index contributed by atoms with van der Waals surface area (Å²) in [6.07, 6.45) is 0.582. The van der Waals surface area contributed by atoms with Gasteiger partial charge in [0.2, 0.25) is 15.9 Å². The van der Waals surface area contributed by atoms with E-state index in [4.69, 9.17) is 0 Å². The van der Waals surface area contributed by atoms with Gasteiger partial charge in [-0.05, 0) is 25.6 Å². The minimum atomic E-state index is -3.25. The molecule has 1 atom stereocenters. The Labute approximate surface area is 120 Å². The molecule has 20 heavy (non-hydrogen) atoms. The second-order valence-electron chi connectivity index (χ2n) is 4.29. The number of carbonyl (C=O) groups excluding carboxylic acids is 1. The highest BCUT2D eigenvalue weighted by Crippen LogP contribution is 2.06. The summed E-state index contributed by atoms with van der Waals surface area (Å²) in [6.45, 7) is 2.10. The number of anilines is 1. The molecule has 0 aliphatic heterocycles. The van der Waals surface area contributed by atoms with Crippen LogP contribution in [-0.2, 0) is 14.8 Å². The van der Waals surface area contributed by atoms with Gasteiger partial charge in [-0.1, -0.05) is 25.1 Å². The summed E-state index contributed by atoms with van der Waals surface area (Å²) in [6, 6.07) is 8.73. The first-order valence-electron chi connectivity index (χ1n) is 6.49. The minimum Gasteiger partial charge on any atom is -0.325 e. The van der Waals surface area contributed by atoms with Crippen LogP contribution >= 0.6 is 0 Å². The van der Waals surface area contributed by atoms with E-state index < -0.39 is 16.1 Å². The highest BCUT2D eigenvalue weighted by Gasteiger charge is 2.16. The monoisotopic (exact) mass is 299 g/mol. The maximum Gasteiger partial charge on any atom is 0.241 e. The van der Waals surface area contributed by atoms with Crippen LogP contribution in [0.25, 0.3) is 0 Å². The number of hydrogen-bond donors (Lipinski definition) is 3. The van der Waals surface area contributed by atoms with Gasteiger partial charge in [0.05, 0.1) is 11.8 Å². The Bertz CT molecular complexity index is 517. The smallest absolute Gasteiger partial charge is 0.241 e. The maximum absolute atomic E-state index is 12.0. The minimum absolute atomic E-state index is 0.0569. The molecule has 0 spiro atoms. The average Bonchev–Trinajstić information content (AvgIpc) is 2.44. The molecule has 0 saturated carbocycles. The average molecular weight is 299 g/mol. The van der Waals surface area contributed by atoms with Crippen LogP contribution in [-0.4, -0.2) is 39.7 Å². The molecule has 3 N–H and O–H groups in total. The van der Waals surface area contributed by atoms with Gasteiger partial charge in [0.15, 0.2) is 0 Å². The van der Waals surface area contributed by atoms with E-state index in [9.17, 15) is 13.2 Å². The van der Waals surface area contributed by atoms with Crippen molar-refractivity contribution in [2.75, 3.05) is 24.7 Å². The lowest BCUT2D eigenvalue weighted by Gasteiger charge is -2.16. The first-order valence-corrected chi connectivity index (χ1v) is 8.14. The van der Waals surface area contributed by atoms with Gasteiger partial charge in [-0.25, -0.2) is 13.1 Å². The van der Waals surface area contributed by atoms with E-state index in [0.717, 1.165) is 5.69 Å². The van der Waals surface area contributed by atoms with Crippen molar-refractivity contribution >= 4 is 21.6 Å². The lowest BCUT2D eigenvalue weighted by atomic mass is 10.2. The zero-order valence-electron chi connectivity index (χ0n) is 11.7. The van der Waals surface area contributed by atoms with Gasteiger partial charge in [0.25, 0.3) is 0 Å². The Morgan fingerprint density at radius 1 is 1.25 bits per heavy atom. The summed E-state index contributed by atoms with van der Waals surface area (Å²) >= 11 is 0. The SMILES string of the molecule is CC[C@@H](NCCS(=O)(=O)NC)C(=O)Nc1ccccc1. The van der Waals surface area contributed by atoms with E-state index >= 15 is 0 Å². The second kappa shape index (κ2) is 7.98. The van der Waals surface area contributed by atoms with Crippen LogP contribution < -0.4 is 15.4 Å². The lowest BCUT2D eigenvalue weighted by Crippen LogP contribution is -2.42. The third kappa shape index (κ3) is 5.68. The van der Waals surface area contributed by atoms with E-state index in [0.29, 0.717) is 6.42 Å². The van der Waals surface area contributed by atoms with Gasteiger partial charge in [0, 0.05) is 12.2 Å². The third-order valence-corrected chi connectivity index (χ3v) is 4.20. The van der Waals surface area contributed by atoms with Gasteiger partial charge in [-0.2, -0.15) is 0 Å². The summed E-state index contributed by atoms with van der Waals surface area (Å²) in [4.78, 5) is 12.0. The standard InChI is InChI=1S/C13H21N3O3S/c1-3-12(15-9-10-20(18,19)14-2)13(17)16-11-7-5-4-6-8-11/h4-8,12,14-15H,3,9-10H2,1-2H3,(H,16,17)/t12-/m1/s1. The number of para-hydroxylation sites is 1. The fourth-order valence-electron chi connectivity index (χ4n) is 1.64. The molecule has 0 bridgehead atoms. The highest BCUT2D eigenvalue weighted by molar-refractivity contribution is 7.89. The van der Waals surface area contributed by atoms with Crippen LogP contribution in [0.3, 0.4) is 0 Å². The van der Waals surface area contributed by atoms with Crippen LogP contribution in [0.1, 0.15) is 13.3 Å². The fraction of sp³-hybridized carbons (Fsp3) is 0.462.